The van der Waals surface area contributed by atoms with Crippen molar-refractivity contribution < 1.29 is 14.4 Å². The van der Waals surface area contributed by atoms with Crippen LogP contribution in [-0.2, 0) is 9.59 Å². The molecule has 3 amide bonds. The molecule has 2 fully saturated rings. The van der Waals surface area contributed by atoms with Crippen molar-refractivity contribution in [2.24, 2.45) is 5.41 Å². The van der Waals surface area contributed by atoms with Crippen LogP contribution >= 0.6 is 0 Å². The average Bonchev–Trinajstić information content (AvgIpc) is 2.80. The van der Waals surface area contributed by atoms with Gasteiger partial charge in [0.2, 0.25) is 11.8 Å². The monoisotopic (exact) mass is 344 g/mol. The van der Waals surface area contributed by atoms with Gasteiger partial charge >= 0.3 is 0 Å². The third-order valence-electron chi connectivity index (χ3n) is 5.14. The standard InChI is InChI=1S/C18H24N4O3/c1-3-20-11-18(10-16(20)24)12-21(14(2)23)8-9-22(13-18)17(25)15-4-6-19-7-5-15/h4-7H,3,8-13H2,1-2H3/t18-/m0/s1. The van der Waals surface area contributed by atoms with Crippen molar-refractivity contribution in [2.45, 2.75) is 20.3 Å². The molecule has 0 unspecified atom stereocenters. The number of amides is 3. The Balaban J connectivity index is 1.88. The molecule has 3 heterocycles. The second-order valence-corrected chi connectivity index (χ2v) is 6.99. The van der Waals surface area contributed by atoms with E-state index in [1.807, 2.05) is 11.8 Å². The lowest BCUT2D eigenvalue weighted by Crippen LogP contribution is -2.45. The zero-order chi connectivity index (χ0) is 18.0. The molecule has 25 heavy (non-hydrogen) atoms. The van der Waals surface area contributed by atoms with Crippen molar-refractivity contribution in [3.05, 3.63) is 30.1 Å². The van der Waals surface area contributed by atoms with Crippen LogP contribution in [0.1, 0.15) is 30.6 Å². The number of pyridine rings is 1. The van der Waals surface area contributed by atoms with Crippen LogP contribution in [0.4, 0.5) is 0 Å². The summed E-state index contributed by atoms with van der Waals surface area (Å²) in [4.78, 5) is 46.5. The fourth-order valence-electron chi connectivity index (χ4n) is 3.86. The predicted octanol–water partition coefficient (Wildman–Crippen LogP) is 0.625. The Morgan fingerprint density at radius 3 is 2.36 bits per heavy atom. The fraction of sp³-hybridized carbons (Fsp3) is 0.556. The summed E-state index contributed by atoms with van der Waals surface area (Å²) in [6.07, 6.45) is 3.58. The largest absolute Gasteiger partial charge is 0.342 e. The maximum Gasteiger partial charge on any atom is 0.254 e. The second-order valence-electron chi connectivity index (χ2n) is 6.99. The van der Waals surface area contributed by atoms with Crippen molar-refractivity contribution in [1.29, 1.82) is 0 Å². The minimum atomic E-state index is -0.391. The van der Waals surface area contributed by atoms with Crippen molar-refractivity contribution in [3.8, 4) is 0 Å². The lowest BCUT2D eigenvalue weighted by atomic mass is 9.85. The summed E-state index contributed by atoms with van der Waals surface area (Å²) >= 11 is 0. The quantitative estimate of drug-likeness (QED) is 0.788. The first-order valence-corrected chi connectivity index (χ1v) is 8.67. The van der Waals surface area contributed by atoms with Crippen LogP contribution in [0.3, 0.4) is 0 Å². The van der Waals surface area contributed by atoms with Gasteiger partial charge in [-0.1, -0.05) is 0 Å². The van der Waals surface area contributed by atoms with Gasteiger partial charge in [-0.25, -0.2) is 0 Å². The zero-order valence-corrected chi connectivity index (χ0v) is 14.8. The van der Waals surface area contributed by atoms with Crippen LogP contribution in [0.25, 0.3) is 0 Å². The van der Waals surface area contributed by atoms with E-state index in [0.29, 0.717) is 51.3 Å². The van der Waals surface area contributed by atoms with E-state index < -0.39 is 5.41 Å². The van der Waals surface area contributed by atoms with Gasteiger partial charge in [-0.2, -0.15) is 0 Å². The highest BCUT2D eigenvalue weighted by Crippen LogP contribution is 2.35. The van der Waals surface area contributed by atoms with Gasteiger partial charge in [-0.15, -0.1) is 0 Å². The summed E-state index contributed by atoms with van der Waals surface area (Å²) in [7, 11) is 0. The number of carbonyl (C=O) groups excluding carboxylic acids is 3. The van der Waals surface area contributed by atoms with Crippen molar-refractivity contribution in [3.63, 3.8) is 0 Å². The summed E-state index contributed by atoms with van der Waals surface area (Å²) in [5, 5.41) is 0. The molecular weight excluding hydrogens is 320 g/mol. The van der Waals surface area contributed by atoms with Crippen LogP contribution in [-0.4, -0.2) is 76.7 Å². The number of rotatable bonds is 2. The number of aromatic nitrogens is 1. The highest BCUT2D eigenvalue weighted by Gasteiger charge is 2.47. The lowest BCUT2D eigenvalue weighted by Gasteiger charge is -2.33. The van der Waals surface area contributed by atoms with E-state index in [0.717, 1.165) is 0 Å². The lowest BCUT2D eigenvalue weighted by molar-refractivity contribution is -0.130. The Morgan fingerprint density at radius 1 is 1.12 bits per heavy atom. The molecule has 7 nitrogen and oxygen atoms in total. The number of likely N-dealkylation sites (tertiary alicyclic amines) is 1. The minimum absolute atomic E-state index is 0.0139. The van der Waals surface area contributed by atoms with Gasteiger partial charge in [0.05, 0.1) is 0 Å². The van der Waals surface area contributed by atoms with Gasteiger partial charge < -0.3 is 14.7 Å². The van der Waals surface area contributed by atoms with Gasteiger partial charge in [-0.3, -0.25) is 19.4 Å². The molecule has 134 valence electrons. The predicted molar refractivity (Wildman–Crippen MR) is 91.7 cm³/mol. The fourth-order valence-corrected chi connectivity index (χ4v) is 3.86. The molecule has 0 bridgehead atoms. The van der Waals surface area contributed by atoms with Gasteiger partial charge in [0.15, 0.2) is 0 Å². The molecule has 1 aromatic heterocycles. The van der Waals surface area contributed by atoms with E-state index >= 15 is 0 Å². The number of carbonyl (C=O) groups is 3. The van der Waals surface area contributed by atoms with Crippen LogP contribution < -0.4 is 0 Å². The van der Waals surface area contributed by atoms with Gasteiger partial charge in [0, 0.05) is 76.0 Å². The van der Waals surface area contributed by atoms with E-state index in [4.69, 9.17) is 0 Å². The topological polar surface area (TPSA) is 73.8 Å². The van der Waals surface area contributed by atoms with Crippen LogP contribution in [0.2, 0.25) is 0 Å². The Hall–Kier alpha value is -2.44. The van der Waals surface area contributed by atoms with E-state index in [-0.39, 0.29) is 17.7 Å². The molecule has 0 aromatic carbocycles. The minimum Gasteiger partial charge on any atom is -0.342 e. The maximum absolute atomic E-state index is 12.9. The van der Waals surface area contributed by atoms with Gasteiger partial charge in [0.25, 0.3) is 5.91 Å². The number of hydrogen-bond acceptors (Lipinski definition) is 4. The first-order chi connectivity index (χ1) is 11.9. The molecule has 0 N–H and O–H groups in total. The normalized spacial score (nSPS) is 23.9. The summed E-state index contributed by atoms with van der Waals surface area (Å²) < 4.78 is 0. The van der Waals surface area contributed by atoms with Crippen LogP contribution in [0.15, 0.2) is 24.5 Å². The molecule has 0 radical (unpaired) electrons. The van der Waals surface area contributed by atoms with E-state index in [1.165, 1.54) is 0 Å². The van der Waals surface area contributed by atoms with Crippen LogP contribution in [0, 0.1) is 5.41 Å². The van der Waals surface area contributed by atoms with Crippen molar-refractivity contribution in [1.82, 2.24) is 19.7 Å². The molecule has 2 aliphatic heterocycles. The van der Waals surface area contributed by atoms with Crippen molar-refractivity contribution in [2.75, 3.05) is 39.3 Å². The summed E-state index contributed by atoms with van der Waals surface area (Å²) in [6, 6.07) is 3.39. The first kappa shape index (κ1) is 17.4. The molecule has 0 saturated carbocycles. The molecule has 3 rings (SSSR count). The molecular formula is C18H24N4O3. The smallest absolute Gasteiger partial charge is 0.254 e. The first-order valence-electron chi connectivity index (χ1n) is 8.67. The third kappa shape index (κ3) is 3.50. The van der Waals surface area contributed by atoms with E-state index in [1.54, 1.807) is 41.2 Å². The average molecular weight is 344 g/mol. The number of hydrogen-bond donors (Lipinski definition) is 0. The van der Waals surface area contributed by atoms with E-state index in [2.05, 4.69) is 4.98 Å². The highest BCUT2D eigenvalue weighted by molar-refractivity contribution is 5.94. The Kier molecular flexibility index (Phi) is 4.74. The second kappa shape index (κ2) is 6.82. The Bertz CT molecular complexity index is 678. The van der Waals surface area contributed by atoms with Crippen molar-refractivity contribution >= 4 is 17.7 Å². The SMILES string of the molecule is CCN1C[C@@]2(CC1=O)CN(C(C)=O)CCN(C(=O)c1ccncc1)C2. The molecule has 7 heteroatoms. The molecule has 1 spiro atoms. The van der Waals surface area contributed by atoms with E-state index in [9.17, 15) is 14.4 Å². The molecule has 0 aliphatic carbocycles. The van der Waals surface area contributed by atoms with Crippen LogP contribution in [0.5, 0.6) is 0 Å². The molecule has 1 atom stereocenters. The summed E-state index contributed by atoms with van der Waals surface area (Å²) in [6.45, 7) is 6.71. The molecule has 2 saturated heterocycles. The van der Waals surface area contributed by atoms with Gasteiger partial charge in [0.1, 0.15) is 0 Å². The summed E-state index contributed by atoms with van der Waals surface area (Å²) in [5.41, 5.74) is 0.191. The van der Waals surface area contributed by atoms with Gasteiger partial charge in [-0.05, 0) is 19.1 Å². The zero-order valence-electron chi connectivity index (χ0n) is 14.8. The Morgan fingerprint density at radius 2 is 1.76 bits per heavy atom. The maximum atomic E-state index is 12.9. The third-order valence-corrected chi connectivity index (χ3v) is 5.14. The number of nitrogens with zero attached hydrogens (tertiary/aromatic N) is 4. The highest BCUT2D eigenvalue weighted by atomic mass is 16.2. The Labute approximate surface area is 147 Å². The molecule has 2 aliphatic rings. The molecule has 1 aromatic rings. The summed E-state index contributed by atoms with van der Waals surface area (Å²) in [5.74, 6) is 0.0127.